The van der Waals surface area contributed by atoms with Crippen LogP contribution in [0.3, 0.4) is 0 Å². The largest absolute Gasteiger partial charge is 0.496 e. The molecule has 128 valence electrons. The molecule has 1 aliphatic heterocycles. The zero-order valence-electron chi connectivity index (χ0n) is 13.5. The van der Waals surface area contributed by atoms with Crippen LogP contribution in [0.1, 0.15) is 5.56 Å². The van der Waals surface area contributed by atoms with Gasteiger partial charge in [-0.15, -0.1) is 0 Å². The quantitative estimate of drug-likeness (QED) is 0.782. The van der Waals surface area contributed by atoms with Gasteiger partial charge in [-0.2, -0.15) is 0 Å². The lowest BCUT2D eigenvalue weighted by atomic mass is 10.2. The van der Waals surface area contributed by atoms with Gasteiger partial charge in [0.1, 0.15) is 5.75 Å². The van der Waals surface area contributed by atoms with Crippen LogP contribution in [-0.4, -0.2) is 33.4 Å². The lowest BCUT2D eigenvalue weighted by Crippen LogP contribution is -2.36. The van der Waals surface area contributed by atoms with Gasteiger partial charge in [-0.05, 0) is 51.8 Å². The summed E-state index contributed by atoms with van der Waals surface area (Å²) < 4.78 is 11.6. The number of morpholine rings is 1. The average Bonchev–Trinajstić information content (AvgIpc) is 2.61. The third-order valence-corrected chi connectivity index (χ3v) is 4.93. The van der Waals surface area contributed by atoms with Gasteiger partial charge in [0.25, 0.3) is 0 Å². The molecule has 1 aliphatic rings. The molecule has 1 fully saturated rings. The summed E-state index contributed by atoms with van der Waals surface area (Å²) in [5.41, 5.74) is 3.23. The molecule has 0 radical (unpaired) electrons. The fraction of sp³-hybridized carbons (Fsp3) is 0.333. The minimum Gasteiger partial charge on any atom is -0.496 e. The summed E-state index contributed by atoms with van der Waals surface area (Å²) in [5.74, 6) is 0.830. The van der Waals surface area contributed by atoms with E-state index in [0.29, 0.717) is 0 Å². The Labute approximate surface area is 155 Å². The van der Waals surface area contributed by atoms with E-state index in [4.69, 9.17) is 21.1 Å². The number of benzene rings is 2. The van der Waals surface area contributed by atoms with Crippen molar-refractivity contribution < 1.29 is 9.47 Å². The van der Waals surface area contributed by atoms with Crippen molar-refractivity contribution in [1.82, 2.24) is 0 Å². The monoisotopic (exact) mass is 410 g/mol. The summed E-state index contributed by atoms with van der Waals surface area (Å²) in [7, 11) is 1.66. The third-order valence-electron chi connectivity index (χ3n) is 4.01. The molecule has 0 aromatic heterocycles. The van der Waals surface area contributed by atoms with Crippen LogP contribution in [0.25, 0.3) is 0 Å². The number of hydrogen-bond donors (Lipinski definition) is 1. The summed E-state index contributed by atoms with van der Waals surface area (Å²) in [5, 5.41) is 4.17. The predicted octanol–water partition coefficient (Wildman–Crippen LogP) is 4.56. The smallest absolute Gasteiger partial charge is 0.133 e. The van der Waals surface area contributed by atoms with Gasteiger partial charge in [0.2, 0.25) is 0 Å². The van der Waals surface area contributed by atoms with E-state index in [2.05, 4.69) is 44.3 Å². The van der Waals surface area contributed by atoms with E-state index in [-0.39, 0.29) is 0 Å². The van der Waals surface area contributed by atoms with Crippen molar-refractivity contribution >= 4 is 38.9 Å². The van der Waals surface area contributed by atoms with Crippen molar-refractivity contribution in [2.45, 2.75) is 6.54 Å². The summed E-state index contributed by atoms with van der Waals surface area (Å²) >= 11 is 9.97. The topological polar surface area (TPSA) is 33.7 Å². The first-order valence-electron chi connectivity index (χ1n) is 7.86. The highest BCUT2D eigenvalue weighted by Crippen LogP contribution is 2.30. The maximum Gasteiger partial charge on any atom is 0.133 e. The molecule has 1 N–H and O–H groups in total. The summed E-state index contributed by atoms with van der Waals surface area (Å²) in [6, 6.07) is 12.2. The minimum atomic E-state index is 0.718. The average molecular weight is 412 g/mol. The van der Waals surface area contributed by atoms with Crippen LogP contribution in [0.4, 0.5) is 11.4 Å². The second-order valence-corrected chi connectivity index (χ2v) is 6.85. The summed E-state index contributed by atoms with van der Waals surface area (Å²) in [6.07, 6.45) is 0. The molecule has 2 aromatic rings. The van der Waals surface area contributed by atoms with Gasteiger partial charge in [-0.25, -0.2) is 0 Å². The van der Waals surface area contributed by atoms with Gasteiger partial charge in [-0.3, -0.25) is 0 Å². The number of rotatable bonds is 5. The minimum absolute atomic E-state index is 0.718. The van der Waals surface area contributed by atoms with Crippen LogP contribution in [0.15, 0.2) is 40.9 Å². The van der Waals surface area contributed by atoms with Gasteiger partial charge in [-0.1, -0.05) is 17.7 Å². The van der Waals surface area contributed by atoms with Crippen LogP contribution in [0.2, 0.25) is 5.02 Å². The second kappa shape index (κ2) is 8.10. The van der Waals surface area contributed by atoms with E-state index in [1.165, 1.54) is 0 Å². The Morgan fingerprint density at radius 2 is 2.00 bits per heavy atom. The van der Waals surface area contributed by atoms with E-state index >= 15 is 0 Å². The molecule has 0 amide bonds. The SMILES string of the molecule is COc1ccc(CNc2ccc(N3CCOCC3)c(Cl)c2)cc1Br. The molecule has 3 rings (SSSR count). The number of halogens is 2. The van der Waals surface area contributed by atoms with Crippen LogP contribution in [0, 0.1) is 0 Å². The number of methoxy groups -OCH3 is 1. The number of nitrogens with zero attached hydrogens (tertiary/aromatic N) is 1. The zero-order chi connectivity index (χ0) is 16.9. The standard InChI is InChI=1S/C18H20BrClN2O2/c1-23-18-5-2-13(10-15(18)19)12-21-14-3-4-17(16(20)11-14)22-6-8-24-9-7-22/h2-5,10-11,21H,6-9,12H2,1H3. The van der Waals surface area contributed by atoms with Crippen LogP contribution in [0.5, 0.6) is 5.75 Å². The fourth-order valence-corrected chi connectivity index (χ4v) is 3.59. The molecule has 1 heterocycles. The Bertz CT molecular complexity index is 705. The number of anilines is 2. The van der Waals surface area contributed by atoms with Gasteiger partial charge in [0, 0.05) is 25.3 Å². The molecule has 0 bridgehead atoms. The molecule has 24 heavy (non-hydrogen) atoms. The highest BCUT2D eigenvalue weighted by molar-refractivity contribution is 9.10. The number of hydrogen-bond acceptors (Lipinski definition) is 4. The van der Waals surface area contributed by atoms with E-state index in [0.717, 1.165) is 65.0 Å². The summed E-state index contributed by atoms with van der Waals surface area (Å²) in [4.78, 5) is 2.26. The van der Waals surface area contributed by atoms with Crippen LogP contribution < -0.4 is 15.0 Å². The second-order valence-electron chi connectivity index (χ2n) is 5.59. The molecule has 2 aromatic carbocycles. The van der Waals surface area contributed by atoms with Crippen LogP contribution in [-0.2, 0) is 11.3 Å². The lowest BCUT2D eigenvalue weighted by Gasteiger charge is -2.29. The molecule has 0 atom stereocenters. The van der Waals surface area contributed by atoms with Crippen molar-refractivity contribution in [1.29, 1.82) is 0 Å². The van der Waals surface area contributed by atoms with E-state index in [1.54, 1.807) is 7.11 Å². The Kier molecular flexibility index (Phi) is 5.87. The molecule has 0 aliphatic carbocycles. The molecule has 4 nitrogen and oxygen atoms in total. The molecule has 1 saturated heterocycles. The number of ether oxygens (including phenoxy) is 2. The van der Waals surface area contributed by atoms with Crippen LogP contribution >= 0.6 is 27.5 Å². The van der Waals surface area contributed by atoms with E-state index < -0.39 is 0 Å². The summed E-state index contributed by atoms with van der Waals surface area (Å²) in [6.45, 7) is 3.99. The maximum atomic E-state index is 6.46. The Balaban J connectivity index is 1.65. The third kappa shape index (κ3) is 4.15. The molecule has 0 saturated carbocycles. The van der Waals surface area contributed by atoms with E-state index in [9.17, 15) is 0 Å². The predicted molar refractivity (Wildman–Crippen MR) is 103 cm³/mol. The van der Waals surface area contributed by atoms with Crippen molar-refractivity contribution in [3.8, 4) is 5.75 Å². The van der Waals surface area contributed by atoms with Gasteiger partial charge >= 0.3 is 0 Å². The molecule has 0 unspecified atom stereocenters. The first-order chi connectivity index (χ1) is 11.7. The van der Waals surface area contributed by atoms with Gasteiger partial charge < -0.3 is 19.7 Å². The van der Waals surface area contributed by atoms with E-state index in [1.807, 2.05) is 18.2 Å². The first-order valence-corrected chi connectivity index (χ1v) is 9.03. The first kappa shape index (κ1) is 17.4. The Morgan fingerprint density at radius 1 is 1.21 bits per heavy atom. The Hall–Kier alpha value is -1.43. The van der Waals surface area contributed by atoms with Crippen molar-refractivity contribution in [3.05, 3.63) is 51.5 Å². The highest BCUT2D eigenvalue weighted by atomic mass is 79.9. The molecular weight excluding hydrogens is 392 g/mol. The molecule has 0 spiro atoms. The fourth-order valence-electron chi connectivity index (χ4n) is 2.70. The van der Waals surface area contributed by atoms with Crippen molar-refractivity contribution in [2.75, 3.05) is 43.6 Å². The lowest BCUT2D eigenvalue weighted by molar-refractivity contribution is 0.122. The normalized spacial score (nSPS) is 14.5. The zero-order valence-corrected chi connectivity index (χ0v) is 15.9. The van der Waals surface area contributed by atoms with Gasteiger partial charge in [0.15, 0.2) is 0 Å². The molecular formula is C18H20BrClN2O2. The maximum absolute atomic E-state index is 6.46. The van der Waals surface area contributed by atoms with Crippen molar-refractivity contribution in [2.24, 2.45) is 0 Å². The van der Waals surface area contributed by atoms with Gasteiger partial charge in [0.05, 0.1) is 35.5 Å². The highest BCUT2D eigenvalue weighted by Gasteiger charge is 2.14. The Morgan fingerprint density at radius 3 is 2.67 bits per heavy atom. The molecule has 6 heteroatoms. The number of nitrogens with one attached hydrogen (secondary N) is 1. The van der Waals surface area contributed by atoms with Crippen molar-refractivity contribution in [3.63, 3.8) is 0 Å².